The molecule has 1 saturated carbocycles. The van der Waals surface area contributed by atoms with Gasteiger partial charge in [-0.2, -0.15) is 0 Å². The molecule has 1 spiro atoms. The average molecular weight is 349 g/mol. The Bertz CT molecular complexity index is 871. The van der Waals surface area contributed by atoms with Crippen molar-refractivity contribution in [3.63, 3.8) is 0 Å². The first kappa shape index (κ1) is 16.4. The van der Waals surface area contributed by atoms with Crippen molar-refractivity contribution in [1.82, 2.24) is 4.90 Å². The van der Waals surface area contributed by atoms with Gasteiger partial charge in [0.2, 0.25) is 0 Å². The molecule has 2 aromatic carbocycles. The van der Waals surface area contributed by atoms with E-state index in [9.17, 15) is 9.59 Å². The van der Waals surface area contributed by atoms with Crippen LogP contribution in [0.5, 0.6) is 5.75 Å². The van der Waals surface area contributed by atoms with Gasteiger partial charge in [-0.15, -0.1) is 0 Å². The number of benzene rings is 2. The Morgan fingerprint density at radius 3 is 2.65 bits per heavy atom. The number of amides is 2. The fourth-order valence-corrected chi connectivity index (χ4v) is 3.42. The molecule has 1 atom stereocenters. The van der Waals surface area contributed by atoms with Crippen LogP contribution >= 0.6 is 0 Å². The van der Waals surface area contributed by atoms with Gasteiger partial charge in [-0.25, -0.2) is 9.69 Å². The molecule has 1 heterocycles. The van der Waals surface area contributed by atoms with Gasteiger partial charge in [-0.3, -0.25) is 4.79 Å². The van der Waals surface area contributed by atoms with Crippen molar-refractivity contribution in [2.24, 2.45) is 0 Å². The van der Waals surface area contributed by atoms with E-state index in [-0.39, 0.29) is 11.9 Å². The summed E-state index contributed by atoms with van der Waals surface area (Å²) >= 11 is 0. The van der Waals surface area contributed by atoms with Crippen LogP contribution < -0.4 is 4.74 Å². The Morgan fingerprint density at radius 1 is 1.19 bits per heavy atom. The van der Waals surface area contributed by atoms with Gasteiger partial charge < -0.3 is 9.47 Å². The summed E-state index contributed by atoms with van der Waals surface area (Å²) in [4.78, 5) is 26.4. The lowest BCUT2D eigenvalue weighted by atomic mass is 9.99. The van der Waals surface area contributed by atoms with Crippen LogP contribution in [0.1, 0.15) is 30.0 Å². The lowest BCUT2D eigenvalue weighted by Crippen LogP contribution is -2.34. The summed E-state index contributed by atoms with van der Waals surface area (Å²) < 4.78 is 10.7. The van der Waals surface area contributed by atoms with Gasteiger partial charge >= 0.3 is 6.09 Å². The maximum absolute atomic E-state index is 12.8. The quantitative estimate of drug-likeness (QED) is 0.784. The Morgan fingerprint density at radius 2 is 1.96 bits per heavy atom. The Kier molecular flexibility index (Phi) is 3.99. The van der Waals surface area contributed by atoms with Crippen molar-refractivity contribution in [2.45, 2.75) is 24.5 Å². The van der Waals surface area contributed by atoms with Crippen molar-refractivity contribution in [3.8, 4) is 5.75 Å². The van der Waals surface area contributed by atoms with Gasteiger partial charge in [0, 0.05) is 6.08 Å². The SMILES string of the molecule is COc1cccc(C=CC(=O)N2C(=O)OC3(CC3)C2c2ccccc2)c1. The Labute approximate surface area is 151 Å². The van der Waals surface area contributed by atoms with E-state index in [1.807, 2.05) is 54.6 Å². The molecule has 1 aliphatic carbocycles. The summed E-state index contributed by atoms with van der Waals surface area (Å²) in [6, 6.07) is 16.6. The van der Waals surface area contributed by atoms with Gasteiger partial charge in [0.1, 0.15) is 17.4 Å². The highest BCUT2D eigenvalue weighted by atomic mass is 16.6. The molecule has 5 nitrogen and oxygen atoms in total. The Hall–Kier alpha value is -3.08. The first-order valence-corrected chi connectivity index (χ1v) is 8.56. The number of imide groups is 1. The number of rotatable bonds is 4. The average Bonchev–Trinajstić information content (AvgIpc) is 3.37. The molecule has 0 radical (unpaired) electrons. The van der Waals surface area contributed by atoms with Crippen LogP contribution in [-0.4, -0.2) is 29.6 Å². The molecule has 1 saturated heterocycles. The number of hydrogen-bond acceptors (Lipinski definition) is 4. The molecule has 0 N–H and O–H groups in total. The highest BCUT2D eigenvalue weighted by Crippen LogP contribution is 2.56. The molecule has 26 heavy (non-hydrogen) atoms. The largest absolute Gasteiger partial charge is 0.497 e. The van der Waals surface area contributed by atoms with Gasteiger partial charge in [0.25, 0.3) is 5.91 Å². The first-order valence-electron chi connectivity index (χ1n) is 8.56. The maximum atomic E-state index is 12.8. The zero-order valence-corrected chi connectivity index (χ0v) is 14.4. The smallest absolute Gasteiger partial charge is 0.418 e. The zero-order valence-electron chi connectivity index (χ0n) is 14.4. The fraction of sp³-hybridized carbons (Fsp3) is 0.238. The number of carbonyl (C=O) groups is 2. The standard InChI is InChI=1S/C21H19NO4/c1-25-17-9-5-6-15(14-17)10-11-18(23)22-19(16-7-3-2-4-8-16)21(12-13-21)26-20(22)24/h2-11,14,19H,12-13H2,1H3. The summed E-state index contributed by atoms with van der Waals surface area (Å²) in [5.41, 5.74) is 1.18. The first-order chi connectivity index (χ1) is 12.6. The van der Waals surface area contributed by atoms with Crippen LogP contribution in [0.25, 0.3) is 6.08 Å². The summed E-state index contributed by atoms with van der Waals surface area (Å²) in [5.74, 6) is 0.328. The normalized spacial score (nSPS) is 20.4. The molecule has 2 amide bonds. The Balaban J connectivity index is 1.61. The molecule has 0 bridgehead atoms. The lowest BCUT2D eigenvalue weighted by molar-refractivity contribution is -0.124. The molecule has 132 valence electrons. The third-order valence-corrected chi connectivity index (χ3v) is 4.85. The van der Waals surface area contributed by atoms with Crippen LogP contribution in [0.15, 0.2) is 60.7 Å². The molecule has 2 aliphatic rings. The second-order valence-corrected chi connectivity index (χ2v) is 6.56. The lowest BCUT2D eigenvalue weighted by Gasteiger charge is -2.22. The minimum atomic E-state index is -0.573. The summed E-state index contributed by atoms with van der Waals surface area (Å²) in [7, 11) is 1.59. The monoisotopic (exact) mass is 349 g/mol. The van der Waals surface area contributed by atoms with Crippen molar-refractivity contribution in [1.29, 1.82) is 0 Å². The molecule has 2 fully saturated rings. The summed E-state index contributed by atoms with van der Waals surface area (Å²) in [6.07, 6.45) is 4.08. The van der Waals surface area contributed by atoms with Crippen LogP contribution in [0.3, 0.4) is 0 Å². The molecular formula is C21H19NO4. The van der Waals surface area contributed by atoms with E-state index in [1.54, 1.807) is 13.2 Å². The van der Waals surface area contributed by atoms with Crippen molar-refractivity contribution >= 4 is 18.1 Å². The zero-order chi connectivity index (χ0) is 18.1. The van der Waals surface area contributed by atoms with Crippen molar-refractivity contribution in [3.05, 3.63) is 71.8 Å². The van der Waals surface area contributed by atoms with E-state index in [0.717, 1.165) is 24.0 Å². The third kappa shape index (κ3) is 2.86. The third-order valence-electron chi connectivity index (χ3n) is 4.85. The minimum absolute atomic E-state index is 0.376. The molecule has 1 unspecified atom stereocenters. The van der Waals surface area contributed by atoms with Gasteiger partial charge in [-0.05, 0) is 42.2 Å². The van der Waals surface area contributed by atoms with Crippen LogP contribution in [-0.2, 0) is 9.53 Å². The number of ether oxygens (including phenoxy) is 2. The maximum Gasteiger partial charge on any atom is 0.418 e. The molecule has 4 rings (SSSR count). The number of hydrogen-bond donors (Lipinski definition) is 0. The van der Waals surface area contributed by atoms with E-state index in [1.165, 1.54) is 11.0 Å². The molecular weight excluding hydrogens is 330 g/mol. The number of methoxy groups -OCH3 is 1. The highest BCUT2D eigenvalue weighted by molar-refractivity contribution is 6.02. The van der Waals surface area contributed by atoms with Crippen molar-refractivity contribution in [2.75, 3.05) is 7.11 Å². The van der Waals surface area contributed by atoms with Crippen LogP contribution in [0, 0.1) is 0 Å². The number of carbonyl (C=O) groups excluding carboxylic acids is 2. The molecule has 0 aromatic heterocycles. The van der Waals surface area contributed by atoms with Crippen molar-refractivity contribution < 1.29 is 19.1 Å². The second-order valence-electron chi connectivity index (χ2n) is 6.56. The molecule has 2 aromatic rings. The predicted molar refractivity (Wildman–Crippen MR) is 96.5 cm³/mol. The van der Waals surface area contributed by atoms with Crippen LogP contribution in [0.4, 0.5) is 4.79 Å². The van der Waals surface area contributed by atoms with Gasteiger partial charge in [0.05, 0.1) is 7.11 Å². The van der Waals surface area contributed by atoms with Gasteiger partial charge in [-0.1, -0.05) is 42.5 Å². The molecule has 1 aliphatic heterocycles. The predicted octanol–water partition coefficient (Wildman–Crippen LogP) is 3.96. The fourth-order valence-electron chi connectivity index (χ4n) is 3.42. The van der Waals surface area contributed by atoms with Gasteiger partial charge in [0.15, 0.2) is 0 Å². The van der Waals surface area contributed by atoms with E-state index >= 15 is 0 Å². The van der Waals surface area contributed by atoms with E-state index in [4.69, 9.17) is 9.47 Å². The molecule has 5 heteroatoms. The van der Waals surface area contributed by atoms with E-state index in [0.29, 0.717) is 5.75 Å². The topological polar surface area (TPSA) is 55.8 Å². The summed E-state index contributed by atoms with van der Waals surface area (Å²) in [6.45, 7) is 0. The van der Waals surface area contributed by atoms with E-state index < -0.39 is 11.7 Å². The highest BCUT2D eigenvalue weighted by Gasteiger charge is 2.63. The van der Waals surface area contributed by atoms with Crippen LogP contribution in [0.2, 0.25) is 0 Å². The number of nitrogens with zero attached hydrogens (tertiary/aromatic N) is 1. The second kappa shape index (κ2) is 6.33. The van der Waals surface area contributed by atoms with E-state index in [2.05, 4.69) is 0 Å². The summed E-state index contributed by atoms with van der Waals surface area (Å²) in [5, 5.41) is 0. The minimum Gasteiger partial charge on any atom is -0.497 e.